The third-order valence-corrected chi connectivity index (χ3v) is 14.1. The van der Waals surface area contributed by atoms with E-state index in [1.54, 1.807) is 0 Å². The second-order valence-electron chi connectivity index (χ2n) is 20.9. The van der Waals surface area contributed by atoms with Gasteiger partial charge in [-0.3, -0.25) is 14.4 Å². The molecule has 0 fully saturated rings. The Labute approximate surface area is 431 Å². The van der Waals surface area contributed by atoms with Gasteiger partial charge in [0.1, 0.15) is 25.4 Å². The van der Waals surface area contributed by atoms with Gasteiger partial charge in [0.15, 0.2) is 0 Å². The van der Waals surface area contributed by atoms with Crippen molar-refractivity contribution >= 4 is 23.8 Å². The number of amides is 1. The van der Waals surface area contributed by atoms with Crippen LogP contribution in [0.15, 0.2) is 30.3 Å². The van der Waals surface area contributed by atoms with E-state index in [4.69, 9.17) is 14.2 Å². The first kappa shape index (κ1) is 65.1. The highest BCUT2D eigenvalue weighted by atomic mass is 16.6. The molecule has 0 aliphatic carbocycles. The van der Waals surface area contributed by atoms with E-state index in [9.17, 15) is 19.2 Å². The molecule has 1 amide bonds. The summed E-state index contributed by atoms with van der Waals surface area (Å²) in [5.74, 6) is -1.15. The van der Waals surface area contributed by atoms with Gasteiger partial charge in [0, 0.05) is 19.3 Å². The Morgan fingerprint density at radius 1 is 0.400 bits per heavy atom. The molecule has 8 nitrogen and oxygen atoms in total. The van der Waals surface area contributed by atoms with Crippen molar-refractivity contribution < 1.29 is 33.4 Å². The van der Waals surface area contributed by atoms with E-state index >= 15 is 0 Å². The second kappa shape index (κ2) is 51.0. The van der Waals surface area contributed by atoms with Gasteiger partial charge in [0.05, 0.1) is 0 Å². The van der Waals surface area contributed by atoms with Crippen molar-refractivity contribution in [3.8, 4) is 0 Å². The number of hydrogen-bond acceptors (Lipinski definition) is 7. The maximum absolute atomic E-state index is 13.5. The number of benzene rings is 1. The molecular formula is C62H111NO7. The SMILES string of the molecule is CCCCCCCCCCCCCCCC(=O)N[C@@H](CCC[C@H](COC(=O)CCCCCCCCCCCCCCC)OC(=O)CCCCCCCCCCCCCCC)C(=O)OCc1ccccc1. The monoisotopic (exact) mass is 982 g/mol. The van der Waals surface area contributed by atoms with Crippen molar-refractivity contribution in [2.45, 2.75) is 328 Å². The average Bonchev–Trinajstić information content (AvgIpc) is 3.36. The first-order valence-electron chi connectivity index (χ1n) is 30.2. The molecule has 0 saturated carbocycles. The van der Waals surface area contributed by atoms with Crippen molar-refractivity contribution in [1.29, 1.82) is 0 Å². The second-order valence-corrected chi connectivity index (χ2v) is 20.9. The minimum absolute atomic E-state index is 0.00382. The predicted octanol–water partition coefficient (Wildman–Crippen LogP) is 18.3. The molecule has 0 spiro atoms. The Hall–Kier alpha value is -2.90. The van der Waals surface area contributed by atoms with Crippen LogP contribution in [-0.4, -0.2) is 42.6 Å². The molecule has 0 heterocycles. The van der Waals surface area contributed by atoms with Crippen molar-refractivity contribution in [3.05, 3.63) is 35.9 Å². The molecule has 0 aromatic heterocycles. The Morgan fingerprint density at radius 2 is 0.757 bits per heavy atom. The fraction of sp³-hybridized carbons (Fsp3) is 0.839. The topological polar surface area (TPSA) is 108 Å². The maximum Gasteiger partial charge on any atom is 0.328 e. The molecule has 1 aromatic rings. The lowest BCUT2D eigenvalue weighted by molar-refractivity contribution is -0.159. The van der Waals surface area contributed by atoms with E-state index in [-0.39, 0.29) is 31.1 Å². The summed E-state index contributed by atoms with van der Waals surface area (Å²) in [7, 11) is 0. The van der Waals surface area contributed by atoms with Crippen molar-refractivity contribution in [3.63, 3.8) is 0 Å². The van der Waals surface area contributed by atoms with Crippen LogP contribution >= 0.6 is 0 Å². The van der Waals surface area contributed by atoms with Crippen LogP contribution in [0, 0.1) is 0 Å². The van der Waals surface area contributed by atoms with Crippen LogP contribution in [0.3, 0.4) is 0 Å². The number of carbonyl (C=O) groups excluding carboxylic acids is 4. The third kappa shape index (κ3) is 43.9. The number of ether oxygens (including phenoxy) is 3. The number of esters is 3. The van der Waals surface area contributed by atoms with Crippen molar-refractivity contribution in [2.24, 2.45) is 0 Å². The van der Waals surface area contributed by atoms with Crippen LogP contribution in [0.1, 0.15) is 315 Å². The lowest BCUT2D eigenvalue weighted by Crippen LogP contribution is -2.42. The summed E-state index contributed by atoms with van der Waals surface area (Å²) in [4.78, 5) is 52.7. The normalized spacial score (nSPS) is 12.2. The lowest BCUT2D eigenvalue weighted by Gasteiger charge is -2.21. The Morgan fingerprint density at radius 3 is 1.16 bits per heavy atom. The molecule has 70 heavy (non-hydrogen) atoms. The largest absolute Gasteiger partial charge is 0.462 e. The number of rotatable bonds is 53. The van der Waals surface area contributed by atoms with Gasteiger partial charge in [0.25, 0.3) is 0 Å². The molecule has 0 aliphatic heterocycles. The highest BCUT2D eigenvalue weighted by Crippen LogP contribution is 2.18. The van der Waals surface area contributed by atoms with E-state index in [1.165, 1.54) is 193 Å². The van der Waals surface area contributed by atoms with Gasteiger partial charge in [-0.15, -0.1) is 0 Å². The Balaban J connectivity index is 2.64. The number of carbonyl (C=O) groups is 4. The number of unbranched alkanes of at least 4 members (excludes halogenated alkanes) is 36. The van der Waals surface area contributed by atoms with E-state index < -0.39 is 18.1 Å². The van der Waals surface area contributed by atoms with E-state index in [0.717, 1.165) is 63.4 Å². The molecular weight excluding hydrogens is 871 g/mol. The highest BCUT2D eigenvalue weighted by Gasteiger charge is 2.24. The summed E-state index contributed by atoms with van der Waals surface area (Å²) in [5.41, 5.74) is 0.879. The minimum Gasteiger partial charge on any atom is -0.462 e. The summed E-state index contributed by atoms with van der Waals surface area (Å²) in [5, 5.41) is 2.98. The van der Waals surface area contributed by atoms with Gasteiger partial charge in [-0.25, -0.2) is 4.79 Å². The first-order valence-corrected chi connectivity index (χ1v) is 30.2. The molecule has 1 N–H and O–H groups in total. The van der Waals surface area contributed by atoms with E-state index in [1.807, 2.05) is 30.3 Å². The smallest absolute Gasteiger partial charge is 0.328 e. The first-order chi connectivity index (χ1) is 34.4. The molecule has 0 aliphatic rings. The molecule has 0 unspecified atom stereocenters. The zero-order valence-electron chi connectivity index (χ0n) is 46.1. The van der Waals surface area contributed by atoms with Crippen LogP contribution in [0.5, 0.6) is 0 Å². The molecule has 0 saturated heterocycles. The minimum atomic E-state index is -0.821. The van der Waals surface area contributed by atoms with Gasteiger partial charge >= 0.3 is 17.9 Å². The maximum atomic E-state index is 13.5. The average molecular weight is 983 g/mol. The molecule has 0 bridgehead atoms. The molecule has 406 valence electrons. The predicted molar refractivity (Wildman–Crippen MR) is 294 cm³/mol. The Kier molecular flexibility index (Phi) is 47.5. The zero-order chi connectivity index (χ0) is 50.6. The molecule has 1 aromatic carbocycles. The summed E-state index contributed by atoms with van der Waals surface area (Å²) in [6.45, 7) is 6.91. The van der Waals surface area contributed by atoms with Crippen molar-refractivity contribution in [1.82, 2.24) is 5.32 Å². The van der Waals surface area contributed by atoms with E-state index in [0.29, 0.717) is 38.5 Å². The highest BCUT2D eigenvalue weighted by molar-refractivity contribution is 5.84. The molecule has 8 heteroatoms. The van der Waals surface area contributed by atoms with Crippen LogP contribution < -0.4 is 5.32 Å². The standard InChI is InChI=1S/C62H111NO7/c1-4-7-10-13-16-19-22-25-28-31-34-37-43-51-59(64)63-58(62(67)69-54-56-47-41-40-42-48-56)50-46-49-57(70-61(66)53-45-39-36-33-30-27-24-21-18-15-12-9-6-3)55-68-60(65)52-44-38-35-32-29-26-23-20-17-14-11-8-5-2/h40-42,47-48,57-58H,4-39,43-46,49-55H2,1-3H3,(H,63,64)/t57-,58+/m1/s1. The fourth-order valence-electron chi connectivity index (χ4n) is 9.45. The van der Waals surface area contributed by atoms with Gasteiger partial charge in [-0.1, -0.05) is 282 Å². The van der Waals surface area contributed by atoms with Crippen LogP contribution in [-0.2, 0) is 40.0 Å². The van der Waals surface area contributed by atoms with Crippen molar-refractivity contribution in [2.75, 3.05) is 6.61 Å². The summed E-state index contributed by atoms with van der Waals surface area (Å²) in [6, 6.07) is 8.73. The van der Waals surface area contributed by atoms with Crippen LogP contribution in [0.25, 0.3) is 0 Å². The molecule has 1 rings (SSSR count). The number of nitrogens with one attached hydrogen (secondary N) is 1. The molecule has 0 radical (unpaired) electrons. The lowest BCUT2D eigenvalue weighted by atomic mass is 10.0. The Bertz CT molecular complexity index is 1320. The van der Waals surface area contributed by atoms with E-state index in [2.05, 4.69) is 26.1 Å². The zero-order valence-corrected chi connectivity index (χ0v) is 46.1. The van der Waals surface area contributed by atoms with Gasteiger partial charge < -0.3 is 19.5 Å². The quantitative estimate of drug-likeness (QED) is 0.0393. The number of hydrogen-bond donors (Lipinski definition) is 1. The fourth-order valence-corrected chi connectivity index (χ4v) is 9.45. The van der Waals surface area contributed by atoms with Crippen LogP contribution in [0.2, 0.25) is 0 Å². The van der Waals surface area contributed by atoms with Crippen LogP contribution in [0.4, 0.5) is 0 Å². The summed E-state index contributed by atoms with van der Waals surface area (Å²) >= 11 is 0. The summed E-state index contributed by atoms with van der Waals surface area (Å²) < 4.78 is 17.4. The van der Waals surface area contributed by atoms with Gasteiger partial charge in [0.2, 0.25) is 5.91 Å². The summed E-state index contributed by atoms with van der Waals surface area (Å²) in [6.07, 6.45) is 50.0. The van der Waals surface area contributed by atoms with Gasteiger partial charge in [-0.2, -0.15) is 0 Å². The van der Waals surface area contributed by atoms with Gasteiger partial charge in [-0.05, 0) is 44.1 Å². The third-order valence-electron chi connectivity index (χ3n) is 14.1. The molecule has 2 atom stereocenters.